The number of carbonyl (C=O) groups excluding carboxylic acids is 2. The molecule has 108 valence electrons. The number of rotatable bonds is 4. The Labute approximate surface area is 122 Å². The number of benzene rings is 1. The average Bonchev–Trinajstić information content (AvgIpc) is 2.56. The van der Waals surface area contributed by atoms with Crippen LogP contribution in [0.25, 0.3) is 0 Å². The quantitative estimate of drug-likeness (QED) is 0.895. The third-order valence-electron chi connectivity index (χ3n) is 3.01. The molecule has 1 heterocycles. The highest BCUT2D eigenvalue weighted by atomic mass is 35.5. The Morgan fingerprint density at radius 3 is 3.10 bits per heavy atom. The van der Waals surface area contributed by atoms with E-state index in [9.17, 15) is 9.59 Å². The minimum atomic E-state index is -0.502. The Kier molecular flexibility index (Phi) is 4.84. The Hall–Kier alpha value is -1.75. The summed E-state index contributed by atoms with van der Waals surface area (Å²) in [4.78, 5) is 23.8. The molecular formula is C14H17ClN2O3. The summed E-state index contributed by atoms with van der Waals surface area (Å²) >= 11 is 5.88. The lowest BCUT2D eigenvalue weighted by Crippen LogP contribution is -2.33. The van der Waals surface area contributed by atoms with Crippen LogP contribution in [0.4, 0.5) is 5.69 Å². The first-order chi connectivity index (χ1) is 9.60. The minimum absolute atomic E-state index is 0.119. The highest BCUT2D eigenvalue weighted by Gasteiger charge is 2.27. The van der Waals surface area contributed by atoms with Crippen LogP contribution in [0.3, 0.4) is 0 Å². The van der Waals surface area contributed by atoms with E-state index in [4.69, 9.17) is 16.3 Å². The third-order valence-corrected chi connectivity index (χ3v) is 3.25. The van der Waals surface area contributed by atoms with Gasteiger partial charge in [0.15, 0.2) is 0 Å². The number of hydrogen-bond acceptors (Lipinski definition) is 3. The van der Waals surface area contributed by atoms with Crippen LogP contribution in [0.5, 0.6) is 5.75 Å². The molecule has 0 fully saturated rings. The van der Waals surface area contributed by atoms with Crippen molar-refractivity contribution in [3.63, 3.8) is 0 Å². The van der Waals surface area contributed by atoms with E-state index >= 15 is 0 Å². The smallest absolute Gasteiger partial charge is 0.231 e. The molecule has 1 aliphatic heterocycles. The lowest BCUT2D eigenvalue weighted by molar-refractivity contribution is -0.128. The number of amides is 2. The molecule has 2 amide bonds. The van der Waals surface area contributed by atoms with Gasteiger partial charge in [0, 0.05) is 18.0 Å². The summed E-state index contributed by atoms with van der Waals surface area (Å²) < 4.78 is 5.57. The molecule has 0 aliphatic carbocycles. The Bertz CT molecular complexity index is 519. The highest BCUT2D eigenvalue weighted by molar-refractivity contribution is 6.31. The van der Waals surface area contributed by atoms with E-state index in [0.717, 1.165) is 6.42 Å². The van der Waals surface area contributed by atoms with Crippen molar-refractivity contribution in [2.45, 2.75) is 19.8 Å². The fourth-order valence-corrected chi connectivity index (χ4v) is 2.11. The van der Waals surface area contributed by atoms with Gasteiger partial charge in [-0.15, -0.1) is 0 Å². The van der Waals surface area contributed by atoms with Gasteiger partial charge < -0.3 is 15.4 Å². The van der Waals surface area contributed by atoms with Gasteiger partial charge in [-0.2, -0.15) is 0 Å². The van der Waals surface area contributed by atoms with Crippen LogP contribution >= 0.6 is 11.6 Å². The average molecular weight is 297 g/mol. The van der Waals surface area contributed by atoms with Crippen molar-refractivity contribution in [1.82, 2.24) is 5.32 Å². The molecule has 1 aromatic carbocycles. The van der Waals surface area contributed by atoms with Crippen molar-refractivity contribution in [2.75, 3.05) is 18.5 Å². The molecule has 1 unspecified atom stereocenters. The summed E-state index contributed by atoms with van der Waals surface area (Å²) in [5.74, 6) is -0.297. The standard InChI is InChI=1S/C14H17ClN2O3/c1-2-5-16-13(18)6-9-8-20-12-4-3-10(15)7-11(12)17-14(9)19/h3-4,7,9H,2,5-6,8H2,1H3,(H,16,18)(H,17,19). The van der Waals surface area contributed by atoms with Gasteiger partial charge in [0.25, 0.3) is 0 Å². The number of halogens is 1. The summed E-state index contributed by atoms with van der Waals surface area (Å²) in [6, 6.07) is 5.03. The number of anilines is 1. The maximum Gasteiger partial charge on any atom is 0.231 e. The van der Waals surface area contributed by atoms with Crippen LogP contribution < -0.4 is 15.4 Å². The molecular weight excluding hydrogens is 280 g/mol. The third kappa shape index (κ3) is 3.63. The maximum absolute atomic E-state index is 12.1. The van der Waals surface area contributed by atoms with Crippen molar-refractivity contribution in [3.05, 3.63) is 23.2 Å². The molecule has 0 saturated carbocycles. The molecule has 0 aromatic heterocycles. The second-order valence-corrected chi connectivity index (χ2v) is 5.13. The lowest BCUT2D eigenvalue weighted by Gasteiger charge is -2.12. The molecule has 0 spiro atoms. The summed E-state index contributed by atoms with van der Waals surface area (Å²) in [5.41, 5.74) is 0.541. The van der Waals surface area contributed by atoms with Crippen LogP contribution in [0.2, 0.25) is 5.02 Å². The minimum Gasteiger partial charge on any atom is -0.491 e. The maximum atomic E-state index is 12.1. The zero-order valence-electron chi connectivity index (χ0n) is 11.2. The zero-order valence-corrected chi connectivity index (χ0v) is 12.0. The van der Waals surface area contributed by atoms with Crippen molar-refractivity contribution in [3.8, 4) is 5.75 Å². The summed E-state index contributed by atoms with van der Waals surface area (Å²) in [5, 5.41) is 6.02. The predicted octanol–water partition coefficient (Wildman–Crippen LogP) is 2.20. The van der Waals surface area contributed by atoms with E-state index in [2.05, 4.69) is 10.6 Å². The summed E-state index contributed by atoms with van der Waals surface area (Å²) in [6.07, 6.45) is 0.983. The van der Waals surface area contributed by atoms with Crippen molar-refractivity contribution >= 4 is 29.1 Å². The monoisotopic (exact) mass is 296 g/mol. The SMILES string of the molecule is CCCNC(=O)CC1COc2ccc(Cl)cc2NC1=O. The van der Waals surface area contributed by atoms with E-state index in [0.29, 0.717) is 23.0 Å². The van der Waals surface area contributed by atoms with E-state index in [1.807, 2.05) is 6.92 Å². The first-order valence-corrected chi connectivity index (χ1v) is 6.98. The second kappa shape index (κ2) is 6.61. The van der Waals surface area contributed by atoms with E-state index in [1.165, 1.54) is 0 Å². The largest absolute Gasteiger partial charge is 0.491 e. The van der Waals surface area contributed by atoms with E-state index < -0.39 is 5.92 Å². The van der Waals surface area contributed by atoms with Gasteiger partial charge in [0.2, 0.25) is 11.8 Å². The summed E-state index contributed by atoms with van der Waals surface area (Å²) in [7, 11) is 0. The lowest BCUT2D eigenvalue weighted by atomic mass is 10.1. The number of hydrogen-bond donors (Lipinski definition) is 2. The van der Waals surface area contributed by atoms with Crippen molar-refractivity contribution < 1.29 is 14.3 Å². The molecule has 0 bridgehead atoms. The van der Waals surface area contributed by atoms with Gasteiger partial charge in [0.05, 0.1) is 11.6 Å². The van der Waals surface area contributed by atoms with Crippen LogP contribution in [0.1, 0.15) is 19.8 Å². The van der Waals surface area contributed by atoms with Gasteiger partial charge in [-0.3, -0.25) is 9.59 Å². The van der Waals surface area contributed by atoms with Gasteiger partial charge in [-0.1, -0.05) is 18.5 Å². The molecule has 5 nitrogen and oxygen atoms in total. The Morgan fingerprint density at radius 1 is 1.55 bits per heavy atom. The molecule has 0 radical (unpaired) electrons. The number of fused-ring (bicyclic) bond motifs is 1. The molecule has 2 N–H and O–H groups in total. The van der Waals surface area contributed by atoms with E-state index in [1.54, 1.807) is 18.2 Å². The van der Waals surface area contributed by atoms with Crippen molar-refractivity contribution in [2.24, 2.45) is 5.92 Å². The van der Waals surface area contributed by atoms with Crippen LogP contribution in [-0.2, 0) is 9.59 Å². The molecule has 1 aliphatic rings. The number of carbonyl (C=O) groups is 2. The Balaban J connectivity index is 2.02. The highest BCUT2D eigenvalue weighted by Crippen LogP contribution is 2.31. The molecule has 6 heteroatoms. The molecule has 1 atom stereocenters. The van der Waals surface area contributed by atoms with Crippen molar-refractivity contribution in [1.29, 1.82) is 0 Å². The fraction of sp³-hybridized carbons (Fsp3) is 0.429. The molecule has 1 aromatic rings. The van der Waals surface area contributed by atoms with Crippen LogP contribution in [-0.4, -0.2) is 25.0 Å². The molecule has 0 saturated heterocycles. The van der Waals surface area contributed by atoms with Gasteiger partial charge in [0.1, 0.15) is 12.4 Å². The number of ether oxygens (including phenoxy) is 1. The fourth-order valence-electron chi connectivity index (χ4n) is 1.94. The first-order valence-electron chi connectivity index (χ1n) is 6.60. The van der Waals surface area contributed by atoms with Crippen LogP contribution in [0.15, 0.2) is 18.2 Å². The zero-order chi connectivity index (χ0) is 14.5. The van der Waals surface area contributed by atoms with Gasteiger partial charge in [-0.25, -0.2) is 0 Å². The predicted molar refractivity (Wildman–Crippen MR) is 77.0 cm³/mol. The van der Waals surface area contributed by atoms with E-state index in [-0.39, 0.29) is 24.8 Å². The van der Waals surface area contributed by atoms with Gasteiger partial charge in [-0.05, 0) is 24.6 Å². The molecule has 20 heavy (non-hydrogen) atoms. The second-order valence-electron chi connectivity index (χ2n) is 4.69. The normalized spacial score (nSPS) is 17.5. The number of nitrogens with one attached hydrogen (secondary N) is 2. The topological polar surface area (TPSA) is 67.4 Å². The van der Waals surface area contributed by atoms with Gasteiger partial charge >= 0.3 is 0 Å². The first kappa shape index (κ1) is 14.7. The molecule has 2 rings (SSSR count). The van der Waals surface area contributed by atoms with Crippen LogP contribution in [0, 0.1) is 5.92 Å². The Morgan fingerprint density at radius 2 is 2.35 bits per heavy atom. The summed E-state index contributed by atoms with van der Waals surface area (Å²) in [6.45, 7) is 2.77.